The van der Waals surface area contributed by atoms with Gasteiger partial charge < -0.3 is 43.2 Å². The number of likely N-dealkylation sites (tertiary alicyclic amines) is 1. The second-order valence-corrected chi connectivity index (χ2v) is 9.28. The van der Waals surface area contributed by atoms with E-state index in [1.165, 1.54) is 19.1 Å². The number of morpholine rings is 1. The van der Waals surface area contributed by atoms with E-state index in [0.717, 1.165) is 0 Å². The molecule has 2 aromatic rings. The summed E-state index contributed by atoms with van der Waals surface area (Å²) < 4.78 is 38.8. The predicted molar refractivity (Wildman–Crippen MR) is 135 cm³/mol. The maximum atomic E-state index is 13.6. The Kier molecular flexibility index (Phi) is 6.57. The molecule has 12 heteroatoms. The van der Waals surface area contributed by atoms with Gasteiger partial charge in [-0.15, -0.1) is 0 Å². The lowest BCUT2D eigenvalue weighted by Gasteiger charge is -2.31. The summed E-state index contributed by atoms with van der Waals surface area (Å²) in [5, 5.41) is 11.5. The van der Waals surface area contributed by atoms with Crippen molar-refractivity contribution in [1.29, 1.82) is 0 Å². The topological polar surface area (TPSA) is 125 Å². The molecule has 1 unspecified atom stereocenters. The van der Waals surface area contributed by atoms with Crippen molar-refractivity contribution >= 4 is 17.4 Å². The first-order valence-corrected chi connectivity index (χ1v) is 12.5. The molecule has 1 amide bonds. The minimum Gasteiger partial charge on any atom is -0.507 e. The van der Waals surface area contributed by atoms with Crippen molar-refractivity contribution < 1.29 is 47.9 Å². The SMILES string of the molecule is COc1cc(C2C(=C(O)c3ccc4c(c3)OCO4)C(=O)C(=O)N2CCN2CCOCC2)c(OC)c2c1OCO2. The standard InChI is InChI=1S/C27H28N2O10/c1-33-19-12-16(24(34-2)26-25(19)38-14-39-26)21-20(22(30)15-3-4-17-18(11-15)37-13-36-17)23(31)27(32)29(21)6-5-28-7-9-35-10-8-28/h3-4,11-12,21,30H,5-10,13-14H2,1-2H3. The van der Waals surface area contributed by atoms with Crippen LogP contribution in [0.1, 0.15) is 17.2 Å². The zero-order valence-corrected chi connectivity index (χ0v) is 21.6. The number of methoxy groups -OCH3 is 2. The summed E-state index contributed by atoms with van der Waals surface area (Å²) >= 11 is 0. The molecule has 2 fully saturated rings. The molecule has 4 aliphatic heterocycles. The van der Waals surface area contributed by atoms with Crippen LogP contribution in [0.25, 0.3) is 5.76 Å². The lowest BCUT2D eigenvalue weighted by molar-refractivity contribution is -0.140. The van der Waals surface area contributed by atoms with E-state index in [1.807, 2.05) is 0 Å². The van der Waals surface area contributed by atoms with Gasteiger partial charge >= 0.3 is 0 Å². The quantitative estimate of drug-likeness (QED) is 0.315. The first-order valence-electron chi connectivity index (χ1n) is 12.5. The molecule has 1 atom stereocenters. The lowest BCUT2D eigenvalue weighted by atomic mass is 9.93. The summed E-state index contributed by atoms with van der Waals surface area (Å²) in [6, 6.07) is 5.49. The minimum absolute atomic E-state index is 0.0417. The predicted octanol–water partition coefficient (Wildman–Crippen LogP) is 1.92. The van der Waals surface area contributed by atoms with Crippen LogP contribution in [0.5, 0.6) is 34.5 Å². The van der Waals surface area contributed by atoms with Crippen molar-refractivity contribution in [2.45, 2.75) is 6.04 Å². The third-order valence-corrected chi connectivity index (χ3v) is 7.26. The zero-order chi connectivity index (χ0) is 27.1. The summed E-state index contributed by atoms with van der Waals surface area (Å²) in [7, 11) is 2.94. The van der Waals surface area contributed by atoms with Gasteiger partial charge in [0.1, 0.15) is 5.76 Å². The van der Waals surface area contributed by atoms with E-state index in [2.05, 4.69) is 4.90 Å². The summed E-state index contributed by atoms with van der Waals surface area (Å²) in [5.74, 6) is 0.362. The molecule has 0 bridgehead atoms. The number of nitrogens with zero attached hydrogens (tertiary/aromatic N) is 2. The van der Waals surface area contributed by atoms with E-state index in [9.17, 15) is 14.7 Å². The van der Waals surface area contributed by atoms with E-state index in [0.29, 0.717) is 72.7 Å². The summed E-state index contributed by atoms with van der Waals surface area (Å²) in [5.41, 5.74) is 0.643. The van der Waals surface area contributed by atoms with Crippen LogP contribution in [-0.2, 0) is 14.3 Å². The van der Waals surface area contributed by atoms with Crippen LogP contribution in [0.2, 0.25) is 0 Å². The zero-order valence-electron chi connectivity index (χ0n) is 21.6. The van der Waals surface area contributed by atoms with E-state index in [4.69, 9.17) is 33.2 Å². The number of Topliss-reactive ketones (excluding diaryl/α,β-unsaturated/α-hetero) is 1. The number of benzene rings is 2. The summed E-state index contributed by atoms with van der Waals surface area (Å²) in [6.45, 7) is 3.38. The number of ether oxygens (including phenoxy) is 7. The maximum absolute atomic E-state index is 13.6. The van der Waals surface area contributed by atoms with Crippen LogP contribution in [-0.4, -0.2) is 93.8 Å². The molecule has 39 heavy (non-hydrogen) atoms. The average Bonchev–Trinajstić information content (AvgIpc) is 3.70. The van der Waals surface area contributed by atoms with Gasteiger partial charge in [0.25, 0.3) is 11.7 Å². The van der Waals surface area contributed by atoms with Crippen LogP contribution in [0, 0.1) is 0 Å². The molecule has 12 nitrogen and oxygen atoms in total. The summed E-state index contributed by atoms with van der Waals surface area (Å²) in [4.78, 5) is 30.7. The van der Waals surface area contributed by atoms with Crippen LogP contribution >= 0.6 is 0 Å². The molecule has 206 valence electrons. The van der Waals surface area contributed by atoms with E-state index < -0.39 is 17.7 Å². The number of carbonyl (C=O) groups is 2. The highest BCUT2D eigenvalue weighted by Gasteiger charge is 2.48. The highest BCUT2D eigenvalue weighted by Crippen LogP contribution is 2.54. The normalized spacial score (nSPS) is 21.5. The van der Waals surface area contributed by atoms with Crippen molar-refractivity contribution in [2.75, 3.05) is 67.2 Å². The van der Waals surface area contributed by atoms with Crippen LogP contribution in [0.15, 0.2) is 29.8 Å². The smallest absolute Gasteiger partial charge is 0.295 e. The molecule has 0 radical (unpaired) electrons. The third kappa shape index (κ3) is 4.25. The van der Waals surface area contributed by atoms with Gasteiger partial charge in [0.05, 0.1) is 39.0 Å². The fraction of sp³-hybridized carbons (Fsp3) is 0.407. The van der Waals surface area contributed by atoms with Gasteiger partial charge in [-0.25, -0.2) is 0 Å². The Morgan fingerprint density at radius 1 is 0.949 bits per heavy atom. The number of carbonyl (C=O) groups excluding carboxylic acids is 2. The number of amides is 1. The highest BCUT2D eigenvalue weighted by atomic mass is 16.7. The first-order chi connectivity index (χ1) is 19.0. The van der Waals surface area contributed by atoms with Gasteiger partial charge in [0.15, 0.2) is 23.0 Å². The van der Waals surface area contributed by atoms with Crippen molar-refractivity contribution in [3.05, 3.63) is 41.0 Å². The van der Waals surface area contributed by atoms with Gasteiger partial charge in [0, 0.05) is 37.3 Å². The van der Waals surface area contributed by atoms with Gasteiger partial charge in [-0.1, -0.05) is 0 Å². The van der Waals surface area contributed by atoms with Gasteiger partial charge in [-0.3, -0.25) is 14.5 Å². The van der Waals surface area contributed by atoms with Gasteiger partial charge in [-0.05, 0) is 24.3 Å². The van der Waals surface area contributed by atoms with Gasteiger partial charge in [0.2, 0.25) is 25.1 Å². The highest BCUT2D eigenvalue weighted by molar-refractivity contribution is 6.46. The number of aliphatic hydroxyl groups excluding tert-OH is 1. The number of fused-ring (bicyclic) bond motifs is 2. The molecule has 4 heterocycles. The Morgan fingerprint density at radius 2 is 1.69 bits per heavy atom. The number of hydrogen-bond donors (Lipinski definition) is 1. The molecule has 6 rings (SSSR count). The molecule has 4 aliphatic rings. The lowest BCUT2D eigenvalue weighted by Crippen LogP contribution is -2.42. The molecule has 2 saturated heterocycles. The molecular formula is C27H28N2O10. The van der Waals surface area contributed by atoms with Crippen molar-refractivity contribution in [3.63, 3.8) is 0 Å². The molecule has 0 spiro atoms. The Bertz CT molecular complexity index is 1350. The molecular weight excluding hydrogens is 512 g/mol. The number of aliphatic hydroxyl groups is 1. The molecule has 0 saturated carbocycles. The molecule has 1 N–H and O–H groups in total. The fourth-order valence-electron chi connectivity index (χ4n) is 5.31. The maximum Gasteiger partial charge on any atom is 0.295 e. The van der Waals surface area contributed by atoms with Crippen LogP contribution in [0.3, 0.4) is 0 Å². The third-order valence-electron chi connectivity index (χ3n) is 7.26. The van der Waals surface area contributed by atoms with E-state index >= 15 is 0 Å². The molecule has 0 aromatic heterocycles. The molecule has 0 aliphatic carbocycles. The second kappa shape index (κ2) is 10.2. The number of ketones is 1. The van der Waals surface area contributed by atoms with E-state index in [1.54, 1.807) is 24.3 Å². The Morgan fingerprint density at radius 3 is 2.46 bits per heavy atom. The Hall–Kier alpha value is -4.16. The van der Waals surface area contributed by atoms with Crippen molar-refractivity contribution in [2.24, 2.45) is 0 Å². The van der Waals surface area contributed by atoms with E-state index in [-0.39, 0.29) is 37.2 Å². The Balaban J connectivity index is 1.49. The van der Waals surface area contributed by atoms with Crippen LogP contribution in [0.4, 0.5) is 0 Å². The van der Waals surface area contributed by atoms with Crippen molar-refractivity contribution in [3.8, 4) is 34.5 Å². The second-order valence-electron chi connectivity index (χ2n) is 9.28. The first kappa shape index (κ1) is 25.1. The van der Waals surface area contributed by atoms with Crippen molar-refractivity contribution in [1.82, 2.24) is 9.80 Å². The number of rotatable bonds is 7. The minimum atomic E-state index is -0.991. The Labute approximate surface area is 224 Å². The van der Waals surface area contributed by atoms with Gasteiger partial charge in [-0.2, -0.15) is 0 Å². The molecule has 2 aromatic carbocycles. The largest absolute Gasteiger partial charge is 0.507 e. The fourth-order valence-corrected chi connectivity index (χ4v) is 5.31. The van der Waals surface area contributed by atoms with Crippen LogP contribution < -0.4 is 28.4 Å². The number of hydrogen-bond acceptors (Lipinski definition) is 11. The monoisotopic (exact) mass is 540 g/mol. The average molecular weight is 541 g/mol. The summed E-state index contributed by atoms with van der Waals surface area (Å²) in [6.07, 6.45) is 0.